The van der Waals surface area contributed by atoms with Crippen molar-refractivity contribution in [3.63, 3.8) is 0 Å². The SMILES string of the molecule is CC(OS(=O)(=O)O)C1C(=O)N2C(C(=O)O)=C(S(=O)C=O)CC12. The molecule has 0 bridgehead atoms. The lowest BCUT2D eigenvalue weighted by molar-refractivity contribution is -0.160. The van der Waals surface area contributed by atoms with E-state index in [1.807, 2.05) is 0 Å². The summed E-state index contributed by atoms with van der Waals surface area (Å²) >= 11 is 0. The maximum absolute atomic E-state index is 12.0. The van der Waals surface area contributed by atoms with Gasteiger partial charge in [-0.15, -0.1) is 0 Å². The first-order chi connectivity index (χ1) is 10.1. The Bertz CT molecular complexity index is 710. The van der Waals surface area contributed by atoms with E-state index >= 15 is 0 Å². The zero-order valence-electron chi connectivity index (χ0n) is 11.0. The topological polar surface area (TPSA) is 155 Å². The summed E-state index contributed by atoms with van der Waals surface area (Å²) in [6.07, 6.45) is -1.38. The average molecular weight is 353 g/mol. The van der Waals surface area contributed by atoms with Gasteiger partial charge < -0.3 is 10.0 Å². The lowest BCUT2D eigenvalue weighted by atomic mass is 9.83. The van der Waals surface area contributed by atoms with Gasteiger partial charge in [0.05, 0.1) is 23.0 Å². The molecule has 0 radical (unpaired) electrons. The number of amides is 1. The minimum absolute atomic E-state index is 0.0573. The number of fused-ring (bicyclic) bond motifs is 1. The maximum Gasteiger partial charge on any atom is 0.397 e. The van der Waals surface area contributed by atoms with E-state index in [0.29, 0.717) is 0 Å². The Balaban J connectivity index is 2.29. The van der Waals surface area contributed by atoms with Crippen molar-refractivity contribution in [2.24, 2.45) is 5.92 Å². The highest BCUT2D eigenvalue weighted by molar-refractivity contribution is 8.01. The monoisotopic (exact) mass is 353 g/mol. The van der Waals surface area contributed by atoms with Gasteiger partial charge in [-0.1, -0.05) is 0 Å². The van der Waals surface area contributed by atoms with E-state index in [0.717, 1.165) is 4.90 Å². The molecule has 1 fully saturated rings. The van der Waals surface area contributed by atoms with Gasteiger partial charge in [0.1, 0.15) is 16.5 Å². The quantitative estimate of drug-likeness (QED) is 0.335. The van der Waals surface area contributed by atoms with Crippen LogP contribution in [0, 0.1) is 5.92 Å². The Hall–Kier alpha value is -1.63. The molecule has 2 N–H and O–H groups in total. The Kier molecular flexibility index (Phi) is 4.21. The molecule has 2 heterocycles. The predicted molar refractivity (Wildman–Crippen MR) is 70.4 cm³/mol. The highest BCUT2D eigenvalue weighted by Crippen LogP contribution is 2.45. The van der Waals surface area contributed by atoms with Gasteiger partial charge in [-0.25, -0.2) is 13.2 Å². The van der Waals surface area contributed by atoms with Crippen LogP contribution in [0.4, 0.5) is 0 Å². The van der Waals surface area contributed by atoms with Crippen molar-refractivity contribution in [3.05, 3.63) is 10.6 Å². The third-order valence-corrected chi connectivity index (χ3v) is 5.05. The van der Waals surface area contributed by atoms with Crippen LogP contribution in [0.2, 0.25) is 0 Å². The van der Waals surface area contributed by atoms with E-state index < -0.39 is 56.8 Å². The van der Waals surface area contributed by atoms with Gasteiger partial charge >= 0.3 is 16.4 Å². The van der Waals surface area contributed by atoms with Crippen LogP contribution in [0.1, 0.15) is 13.3 Å². The molecule has 0 saturated carbocycles. The molecule has 12 heteroatoms. The molecule has 2 rings (SSSR count). The van der Waals surface area contributed by atoms with Gasteiger partial charge in [-0.3, -0.25) is 14.1 Å². The number of hydrogen-bond acceptors (Lipinski definition) is 7. The van der Waals surface area contributed by atoms with E-state index in [1.54, 1.807) is 0 Å². The molecule has 0 aliphatic carbocycles. The molecule has 4 atom stereocenters. The number of rotatable bonds is 6. The molecule has 0 aromatic heterocycles. The van der Waals surface area contributed by atoms with Crippen molar-refractivity contribution in [3.8, 4) is 0 Å². The summed E-state index contributed by atoms with van der Waals surface area (Å²) in [5.74, 6) is -3.28. The van der Waals surface area contributed by atoms with Gasteiger partial charge in [-0.2, -0.15) is 8.42 Å². The smallest absolute Gasteiger partial charge is 0.397 e. The third-order valence-electron chi connectivity index (χ3n) is 3.48. The van der Waals surface area contributed by atoms with Gasteiger partial charge in [0.15, 0.2) is 0 Å². The number of aliphatic carboxylic acids is 1. The van der Waals surface area contributed by atoms with Crippen molar-refractivity contribution in [2.45, 2.75) is 25.5 Å². The van der Waals surface area contributed by atoms with Gasteiger partial charge in [0.2, 0.25) is 11.5 Å². The molecule has 22 heavy (non-hydrogen) atoms. The summed E-state index contributed by atoms with van der Waals surface area (Å²) in [7, 11) is -6.98. The lowest BCUT2D eigenvalue weighted by Crippen LogP contribution is -2.62. The minimum atomic E-state index is -4.78. The molecule has 122 valence electrons. The largest absolute Gasteiger partial charge is 0.477 e. The first-order valence-corrected chi connectivity index (χ1v) is 8.47. The van der Waals surface area contributed by atoms with Crippen LogP contribution in [-0.2, 0) is 39.8 Å². The first kappa shape index (κ1) is 16.7. The van der Waals surface area contributed by atoms with Crippen molar-refractivity contribution in [1.29, 1.82) is 0 Å². The summed E-state index contributed by atoms with van der Waals surface area (Å²) in [6.45, 7) is 1.22. The van der Waals surface area contributed by atoms with Crippen molar-refractivity contribution in [1.82, 2.24) is 4.90 Å². The number of β-lactam (4-membered cyclic amide) rings is 1. The Labute approximate surface area is 127 Å². The highest BCUT2D eigenvalue weighted by Gasteiger charge is 2.58. The second-order valence-corrected chi connectivity index (χ2v) is 7.03. The Morgan fingerprint density at radius 1 is 1.55 bits per heavy atom. The predicted octanol–water partition coefficient (Wildman–Crippen LogP) is -1.34. The van der Waals surface area contributed by atoms with Crippen LogP contribution >= 0.6 is 0 Å². The molecular formula is C10H11NO9S2. The number of carbonyl (C=O) groups is 3. The lowest BCUT2D eigenvalue weighted by Gasteiger charge is -2.45. The zero-order chi connectivity index (χ0) is 16.8. The molecule has 0 aromatic carbocycles. The van der Waals surface area contributed by atoms with E-state index in [-0.39, 0.29) is 16.9 Å². The van der Waals surface area contributed by atoms with Crippen molar-refractivity contribution >= 4 is 38.7 Å². The maximum atomic E-state index is 12.0. The number of carboxylic acids is 1. The molecule has 0 spiro atoms. The van der Waals surface area contributed by atoms with Crippen LogP contribution in [0.5, 0.6) is 0 Å². The number of carbonyl (C=O) groups excluding carboxylic acids is 2. The molecule has 1 saturated heterocycles. The van der Waals surface area contributed by atoms with Gasteiger partial charge in [0.25, 0.3) is 0 Å². The van der Waals surface area contributed by atoms with Crippen LogP contribution in [0.3, 0.4) is 0 Å². The fourth-order valence-corrected chi connectivity index (χ4v) is 4.04. The molecular weight excluding hydrogens is 342 g/mol. The summed E-state index contributed by atoms with van der Waals surface area (Å²) in [4.78, 5) is 34.5. The number of nitrogens with zero attached hydrogens (tertiary/aromatic N) is 1. The van der Waals surface area contributed by atoms with Crippen molar-refractivity contribution < 1.29 is 40.9 Å². The second kappa shape index (κ2) is 5.53. The molecule has 0 aromatic rings. The molecule has 2 aliphatic heterocycles. The van der Waals surface area contributed by atoms with Crippen molar-refractivity contribution in [2.75, 3.05) is 0 Å². The van der Waals surface area contributed by atoms with Crippen LogP contribution in [0.15, 0.2) is 10.6 Å². The fraction of sp³-hybridized carbons (Fsp3) is 0.500. The molecule has 2 aliphatic rings. The molecule has 1 amide bonds. The van der Waals surface area contributed by atoms with E-state index in [1.165, 1.54) is 6.92 Å². The van der Waals surface area contributed by atoms with Gasteiger partial charge in [-0.05, 0) is 6.92 Å². The normalized spacial score (nSPS) is 27.2. The van der Waals surface area contributed by atoms with Crippen LogP contribution < -0.4 is 0 Å². The van der Waals surface area contributed by atoms with Crippen LogP contribution in [-0.4, -0.2) is 56.8 Å². The summed E-state index contributed by atoms with van der Waals surface area (Å²) < 4.78 is 45.9. The van der Waals surface area contributed by atoms with E-state index in [4.69, 9.17) is 9.66 Å². The van der Waals surface area contributed by atoms with Crippen LogP contribution in [0.25, 0.3) is 0 Å². The summed E-state index contributed by atoms with van der Waals surface area (Å²) in [5.41, 5.74) is -0.474. The second-order valence-electron chi connectivity index (χ2n) is 4.71. The van der Waals surface area contributed by atoms with E-state index in [9.17, 15) is 27.0 Å². The summed E-state index contributed by atoms with van der Waals surface area (Å²) in [6, 6.07) is -0.783. The third kappa shape index (κ3) is 2.69. The molecule has 4 unspecified atom stereocenters. The zero-order valence-corrected chi connectivity index (χ0v) is 12.7. The molecule has 10 nitrogen and oxygen atoms in total. The summed E-state index contributed by atoms with van der Waals surface area (Å²) in [5, 5.41) is 9.11. The average Bonchev–Trinajstić information content (AvgIpc) is 2.70. The number of carboxylic acid groups (broad SMARTS) is 1. The standard InChI is InChI=1S/C10H11NO9S2/c1-4(20-22(17,18)19)7-5-2-6(21(16)3-12)8(10(14)15)11(5)9(7)13/h3-5,7H,2H2,1H3,(H,14,15)(H,17,18,19). The fourth-order valence-electron chi connectivity index (χ4n) is 2.71. The minimum Gasteiger partial charge on any atom is -0.477 e. The highest BCUT2D eigenvalue weighted by atomic mass is 32.3. The van der Waals surface area contributed by atoms with E-state index in [2.05, 4.69) is 4.18 Å². The first-order valence-electron chi connectivity index (χ1n) is 5.89. The Morgan fingerprint density at radius 3 is 2.59 bits per heavy atom. The number of hydrogen-bond donors (Lipinski definition) is 2. The van der Waals surface area contributed by atoms with Gasteiger partial charge in [0, 0.05) is 6.42 Å². The Morgan fingerprint density at radius 2 is 2.14 bits per heavy atom.